The average Bonchev–Trinajstić information content (AvgIpc) is 2.66. The number of carbonyl (C=O) groups is 2. The number of carbonyl (C=O) groups excluding carboxylic acids is 2. The van der Waals surface area contributed by atoms with E-state index in [9.17, 15) is 22.8 Å². The maximum atomic E-state index is 15.2. The van der Waals surface area contributed by atoms with Crippen LogP contribution in [0.15, 0.2) is 48.5 Å². The number of amides is 1. The number of halogens is 6. The van der Waals surface area contributed by atoms with Crippen molar-refractivity contribution >= 4 is 40.7 Å². The Balaban J connectivity index is 1.78. The van der Waals surface area contributed by atoms with Gasteiger partial charge in [0, 0.05) is 15.6 Å². The fourth-order valence-corrected chi connectivity index (χ4v) is 3.91. The number of rotatable bonds is 4. The maximum absolute atomic E-state index is 15.2. The summed E-state index contributed by atoms with van der Waals surface area (Å²) in [5, 5.41) is -0.0211. The highest BCUT2D eigenvalue weighted by Gasteiger charge is 2.48. The molecule has 0 aromatic heterocycles. The molecule has 182 valence electrons. The number of allylic oxidation sites excluding steroid dienone is 2. The summed E-state index contributed by atoms with van der Waals surface area (Å²) in [6.45, 7) is 4.62. The van der Waals surface area contributed by atoms with Crippen molar-refractivity contribution in [3.05, 3.63) is 75.3 Å². The minimum absolute atomic E-state index is 0.0105. The topological polar surface area (TPSA) is 46.6 Å². The lowest BCUT2D eigenvalue weighted by Gasteiger charge is -2.44. The Kier molecular flexibility index (Phi) is 7.06. The number of ether oxygens (including phenoxy) is 1. The summed E-state index contributed by atoms with van der Waals surface area (Å²) in [5.41, 5.74) is -3.99. The van der Waals surface area contributed by atoms with Gasteiger partial charge in [-0.2, -0.15) is 13.2 Å². The van der Waals surface area contributed by atoms with Crippen molar-refractivity contribution in [2.75, 3.05) is 13.1 Å². The molecule has 3 rings (SSSR count). The predicted octanol–water partition coefficient (Wildman–Crippen LogP) is 7.24. The summed E-state index contributed by atoms with van der Waals surface area (Å²) < 4.78 is 61.2. The molecule has 2 aromatic rings. The Bertz CT molecular complexity index is 1110. The zero-order valence-corrected chi connectivity index (χ0v) is 20.0. The van der Waals surface area contributed by atoms with E-state index in [1.54, 1.807) is 20.8 Å². The van der Waals surface area contributed by atoms with Gasteiger partial charge >= 0.3 is 12.3 Å². The summed E-state index contributed by atoms with van der Waals surface area (Å²) in [6, 6.07) is 8.51. The molecular weight excluding hydrogens is 497 g/mol. The molecule has 34 heavy (non-hydrogen) atoms. The molecule has 10 heteroatoms. The van der Waals surface area contributed by atoms with Gasteiger partial charge in [-0.1, -0.05) is 47.5 Å². The quantitative estimate of drug-likeness (QED) is 0.244. The second-order valence-corrected chi connectivity index (χ2v) is 9.83. The number of hydrogen-bond donors (Lipinski definition) is 0. The van der Waals surface area contributed by atoms with E-state index in [0.717, 1.165) is 12.1 Å². The first-order chi connectivity index (χ1) is 15.6. The SMILES string of the molecule is CC(C)(C)OC(=O)N1CC(F)(c2ccc(C(=O)C=C(c3cc(Cl)cc(Cl)c3)C(F)(F)F)cc2)C1. The fraction of sp³-hybridized carbons (Fsp3) is 0.333. The second kappa shape index (κ2) is 9.23. The van der Waals surface area contributed by atoms with E-state index in [0.29, 0.717) is 6.08 Å². The number of alkyl halides is 4. The van der Waals surface area contributed by atoms with Crippen LogP contribution in [0.4, 0.5) is 22.4 Å². The Morgan fingerprint density at radius 3 is 1.97 bits per heavy atom. The maximum Gasteiger partial charge on any atom is 0.417 e. The van der Waals surface area contributed by atoms with Gasteiger partial charge < -0.3 is 9.64 Å². The third-order valence-corrected chi connectivity index (χ3v) is 5.41. The minimum Gasteiger partial charge on any atom is -0.444 e. The van der Waals surface area contributed by atoms with Gasteiger partial charge in [0.2, 0.25) is 0 Å². The van der Waals surface area contributed by atoms with Crippen LogP contribution >= 0.6 is 23.2 Å². The Morgan fingerprint density at radius 1 is 0.971 bits per heavy atom. The Morgan fingerprint density at radius 2 is 1.50 bits per heavy atom. The van der Waals surface area contributed by atoms with Crippen molar-refractivity contribution in [1.29, 1.82) is 0 Å². The highest BCUT2D eigenvalue weighted by molar-refractivity contribution is 6.35. The molecule has 1 heterocycles. The molecule has 1 amide bonds. The van der Waals surface area contributed by atoms with Crippen LogP contribution in [0, 0.1) is 0 Å². The molecule has 0 bridgehead atoms. The molecule has 0 spiro atoms. The summed E-state index contributed by atoms with van der Waals surface area (Å²) in [5.74, 6) is -0.924. The number of ketones is 1. The van der Waals surface area contributed by atoms with Gasteiger partial charge in [0.1, 0.15) is 5.60 Å². The highest BCUT2D eigenvalue weighted by Crippen LogP contribution is 2.38. The number of hydrogen-bond acceptors (Lipinski definition) is 3. The van der Waals surface area contributed by atoms with Gasteiger partial charge in [0.25, 0.3) is 0 Å². The monoisotopic (exact) mass is 517 g/mol. The summed E-state index contributed by atoms with van der Waals surface area (Å²) in [4.78, 5) is 25.8. The second-order valence-electron chi connectivity index (χ2n) is 8.96. The molecule has 1 saturated heterocycles. The van der Waals surface area contributed by atoms with Crippen molar-refractivity contribution in [2.24, 2.45) is 0 Å². The number of benzene rings is 2. The predicted molar refractivity (Wildman–Crippen MR) is 122 cm³/mol. The lowest BCUT2D eigenvalue weighted by Crippen LogP contribution is -2.59. The van der Waals surface area contributed by atoms with Crippen LogP contribution in [-0.4, -0.2) is 41.6 Å². The van der Waals surface area contributed by atoms with Crippen LogP contribution in [0.1, 0.15) is 42.3 Å². The molecule has 0 aliphatic carbocycles. The largest absolute Gasteiger partial charge is 0.444 e. The standard InChI is InChI=1S/C24H21Cl2F4NO3/c1-22(2,3)34-21(33)31-12-23(27,13-31)16-6-4-14(5-7-16)20(32)11-19(24(28,29)30)15-8-17(25)10-18(26)9-15/h4-11H,12-13H2,1-3H3. The highest BCUT2D eigenvalue weighted by atomic mass is 35.5. The van der Waals surface area contributed by atoms with Gasteiger partial charge in [-0.05, 0) is 56.2 Å². The van der Waals surface area contributed by atoms with Gasteiger partial charge in [-0.15, -0.1) is 0 Å². The molecule has 0 radical (unpaired) electrons. The fourth-order valence-electron chi connectivity index (χ4n) is 3.38. The third kappa shape index (κ3) is 6.10. The van der Waals surface area contributed by atoms with Gasteiger partial charge in [-0.25, -0.2) is 9.18 Å². The molecule has 1 aliphatic rings. The van der Waals surface area contributed by atoms with Crippen molar-refractivity contribution in [2.45, 2.75) is 38.2 Å². The molecule has 0 N–H and O–H groups in total. The van der Waals surface area contributed by atoms with Gasteiger partial charge in [-0.3, -0.25) is 4.79 Å². The smallest absolute Gasteiger partial charge is 0.417 e. The van der Waals surface area contributed by atoms with Crippen molar-refractivity contribution in [3.63, 3.8) is 0 Å². The van der Waals surface area contributed by atoms with Crippen LogP contribution < -0.4 is 0 Å². The first kappa shape index (κ1) is 26.0. The molecule has 0 unspecified atom stereocenters. The lowest BCUT2D eigenvalue weighted by atomic mass is 9.87. The normalized spacial score (nSPS) is 16.1. The van der Waals surface area contributed by atoms with Crippen LogP contribution in [0.25, 0.3) is 5.57 Å². The molecule has 1 fully saturated rings. The van der Waals surface area contributed by atoms with Crippen LogP contribution in [0.2, 0.25) is 10.0 Å². The van der Waals surface area contributed by atoms with E-state index in [4.69, 9.17) is 27.9 Å². The van der Waals surface area contributed by atoms with E-state index in [2.05, 4.69) is 0 Å². The lowest BCUT2D eigenvalue weighted by molar-refractivity contribution is -0.0690. The third-order valence-electron chi connectivity index (χ3n) is 4.98. The number of likely N-dealkylation sites (tertiary alicyclic amines) is 1. The molecule has 1 aliphatic heterocycles. The van der Waals surface area contributed by atoms with Crippen molar-refractivity contribution < 1.29 is 31.9 Å². The van der Waals surface area contributed by atoms with E-state index in [1.165, 1.54) is 35.2 Å². The molecule has 2 aromatic carbocycles. The summed E-state index contributed by atoms with van der Waals surface area (Å²) in [7, 11) is 0. The molecule has 0 atom stereocenters. The number of nitrogens with zero attached hydrogens (tertiary/aromatic N) is 1. The van der Waals surface area contributed by atoms with Crippen LogP contribution in [-0.2, 0) is 10.4 Å². The van der Waals surface area contributed by atoms with E-state index >= 15 is 4.39 Å². The van der Waals surface area contributed by atoms with Crippen LogP contribution in [0.3, 0.4) is 0 Å². The zero-order valence-electron chi connectivity index (χ0n) is 18.5. The van der Waals surface area contributed by atoms with Crippen molar-refractivity contribution in [1.82, 2.24) is 4.90 Å². The zero-order chi connectivity index (χ0) is 25.5. The Hall–Kier alpha value is -2.58. The first-order valence-corrected chi connectivity index (χ1v) is 10.9. The minimum atomic E-state index is -4.84. The molecule has 0 saturated carbocycles. The molecular formula is C24H21Cl2F4NO3. The van der Waals surface area contributed by atoms with E-state index in [-0.39, 0.29) is 39.8 Å². The Labute approximate surface area is 204 Å². The van der Waals surface area contributed by atoms with Crippen LogP contribution in [0.5, 0.6) is 0 Å². The average molecular weight is 518 g/mol. The van der Waals surface area contributed by atoms with Gasteiger partial charge in [0.15, 0.2) is 11.5 Å². The van der Waals surface area contributed by atoms with E-state index in [1.807, 2.05) is 0 Å². The first-order valence-electron chi connectivity index (χ1n) is 10.1. The van der Waals surface area contributed by atoms with E-state index < -0.39 is 34.9 Å². The summed E-state index contributed by atoms with van der Waals surface area (Å²) >= 11 is 11.6. The molecule has 4 nitrogen and oxygen atoms in total. The van der Waals surface area contributed by atoms with Gasteiger partial charge in [0.05, 0.1) is 18.7 Å². The summed E-state index contributed by atoms with van der Waals surface area (Å²) in [6.07, 6.45) is -5.03. The van der Waals surface area contributed by atoms with Crippen molar-refractivity contribution in [3.8, 4) is 0 Å².